The van der Waals surface area contributed by atoms with Gasteiger partial charge in [0.05, 0.1) is 6.61 Å². The van der Waals surface area contributed by atoms with E-state index in [2.05, 4.69) is 5.32 Å². The summed E-state index contributed by atoms with van der Waals surface area (Å²) in [6, 6.07) is 2.57. The third-order valence-electron chi connectivity index (χ3n) is 2.40. The fourth-order valence-electron chi connectivity index (χ4n) is 1.41. The highest BCUT2D eigenvalue weighted by molar-refractivity contribution is 5.31. The fraction of sp³-hybridized carbons (Fsp3) is 0.538. The number of benzene rings is 1. The zero-order valence-corrected chi connectivity index (χ0v) is 11.0. The Kier molecular flexibility index (Phi) is 6.14. The van der Waals surface area contributed by atoms with Crippen molar-refractivity contribution in [2.45, 2.75) is 32.5 Å². The molecule has 0 aliphatic rings. The van der Waals surface area contributed by atoms with Crippen LogP contribution in [0.4, 0.5) is 8.78 Å². The molecule has 108 valence electrons. The highest BCUT2D eigenvalue weighted by Crippen LogP contribution is 2.23. The molecule has 1 rings (SSSR count). The van der Waals surface area contributed by atoms with Crippen molar-refractivity contribution in [1.29, 1.82) is 0 Å². The Hall–Kier alpha value is -1.24. The van der Waals surface area contributed by atoms with Crippen LogP contribution in [0.1, 0.15) is 19.4 Å². The van der Waals surface area contributed by atoms with Gasteiger partial charge in [0.25, 0.3) is 0 Å². The minimum Gasteiger partial charge on any atom is -0.485 e. The number of ether oxygens (including phenoxy) is 1. The van der Waals surface area contributed by atoms with E-state index in [9.17, 15) is 8.78 Å². The van der Waals surface area contributed by atoms with Crippen LogP contribution in [0.25, 0.3) is 0 Å². The third kappa shape index (κ3) is 5.10. The van der Waals surface area contributed by atoms with Gasteiger partial charge in [-0.25, -0.2) is 8.78 Å². The smallest absolute Gasteiger partial charge is 0.190 e. The highest BCUT2D eigenvalue weighted by Gasteiger charge is 2.14. The molecule has 0 aromatic heterocycles. The lowest BCUT2D eigenvalue weighted by Gasteiger charge is -2.13. The summed E-state index contributed by atoms with van der Waals surface area (Å²) in [5.74, 6) is -2.20. The average molecular weight is 275 g/mol. The SMILES string of the molecule is CC(C)NCc1cc(F)c(OCC(O)CO)c(F)c1. The number of aliphatic hydroxyl groups is 2. The summed E-state index contributed by atoms with van der Waals surface area (Å²) in [6.45, 7) is 3.32. The van der Waals surface area contributed by atoms with Crippen LogP contribution < -0.4 is 10.1 Å². The Morgan fingerprint density at radius 3 is 2.32 bits per heavy atom. The predicted octanol–water partition coefficient (Wildman–Crippen LogP) is 1.19. The first-order valence-corrected chi connectivity index (χ1v) is 6.07. The van der Waals surface area contributed by atoms with Gasteiger partial charge in [-0.1, -0.05) is 13.8 Å². The summed E-state index contributed by atoms with van der Waals surface area (Å²) in [5.41, 5.74) is 0.471. The van der Waals surface area contributed by atoms with Crippen LogP contribution in [0.2, 0.25) is 0 Å². The van der Waals surface area contributed by atoms with Crippen LogP contribution in [-0.4, -0.2) is 35.6 Å². The van der Waals surface area contributed by atoms with E-state index >= 15 is 0 Å². The van der Waals surface area contributed by atoms with Crippen LogP contribution in [0.5, 0.6) is 5.75 Å². The van der Waals surface area contributed by atoms with Gasteiger partial charge in [-0.3, -0.25) is 0 Å². The number of rotatable bonds is 7. The van der Waals surface area contributed by atoms with Crippen LogP contribution >= 0.6 is 0 Å². The molecule has 0 saturated heterocycles. The quantitative estimate of drug-likeness (QED) is 0.699. The van der Waals surface area contributed by atoms with E-state index in [0.29, 0.717) is 12.1 Å². The molecule has 0 aliphatic carbocycles. The molecule has 0 saturated carbocycles. The van der Waals surface area contributed by atoms with Crippen molar-refractivity contribution in [3.8, 4) is 5.75 Å². The summed E-state index contributed by atoms with van der Waals surface area (Å²) < 4.78 is 32.1. The van der Waals surface area contributed by atoms with Gasteiger partial charge in [0.1, 0.15) is 12.7 Å². The van der Waals surface area contributed by atoms with Gasteiger partial charge in [-0.15, -0.1) is 0 Å². The molecule has 0 fully saturated rings. The maximum Gasteiger partial charge on any atom is 0.190 e. The molecule has 3 N–H and O–H groups in total. The van der Waals surface area contributed by atoms with Gasteiger partial charge in [-0.2, -0.15) is 0 Å². The predicted molar refractivity (Wildman–Crippen MR) is 66.9 cm³/mol. The molecule has 0 bridgehead atoms. The van der Waals surface area contributed by atoms with Gasteiger partial charge in [0, 0.05) is 12.6 Å². The maximum absolute atomic E-state index is 13.7. The highest BCUT2D eigenvalue weighted by atomic mass is 19.1. The molecule has 0 radical (unpaired) electrons. The molecule has 6 heteroatoms. The lowest BCUT2D eigenvalue weighted by molar-refractivity contribution is 0.0509. The summed E-state index contributed by atoms with van der Waals surface area (Å²) in [4.78, 5) is 0. The molecule has 1 aromatic rings. The zero-order chi connectivity index (χ0) is 14.4. The first-order valence-electron chi connectivity index (χ1n) is 6.07. The number of nitrogens with one attached hydrogen (secondary N) is 1. The molecule has 19 heavy (non-hydrogen) atoms. The van der Waals surface area contributed by atoms with Gasteiger partial charge < -0.3 is 20.3 Å². The summed E-state index contributed by atoms with van der Waals surface area (Å²) in [7, 11) is 0. The third-order valence-corrected chi connectivity index (χ3v) is 2.40. The first-order chi connectivity index (χ1) is 8.93. The monoisotopic (exact) mass is 275 g/mol. The average Bonchev–Trinajstić information content (AvgIpc) is 2.34. The Bertz CT molecular complexity index is 390. The number of hydrogen-bond donors (Lipinski definition) is 3. The van der Waals surface area contributed by atoms with E-state index in [1.807, 2.05) is 13.8 Å². The van der Waals surface area contributed by atoms with E-state index in [-0.39, 0.29) is 12.6 Å². The van der Waals surface area contributed by atoms with E-state index in [4.69, 9.17) is 14.9 Å². The van der Waals surface area contributed by atoms with Crippen LogP contribution in [0.15, 0.2) is 12.1 Å². The van der Waals surface area contributed by atoms with Gasteiger partial charge in [0.2, 0.25) is 0 Å². The zero-order valence-electron chi connectivity index (χ0n) is 11.0. The Labute approximate surface area is 111 Å². The minimum atomic E-state index is -1.17. The van der Waals surface area contributed by atoms with Crippen LogP contribution in [0, 0.1) is 11.6 Å². The summed E-state index contributed by atoms with van der Waals surface area (Å²) in [6.07, 6.45) is -1.17. The molecule has 1 unspecified atom stereocenters. The second-order valence-corrected chi connectivity index (χ2v) is 4.57. The molecule has 4 nitrogen and oxygen atoms in total. The second-order valence-electron chi connectivity index (χ2n) is 4.57. The molecular weight excluding hydrogens is 256 g/mol. The van der Waals surface area contributed by atoms with Crippen molar-refractivity contribution in [1.82, 2.24) is 5.32 Å². The molecule has 1 atom stereocenters. The lowest BCUT2D eigenvalue weighted by atomic mass is 10.2. The molecule has 1 aromatic carbocycles. The van der Waals surface area contributed by atoms with Crippen LogP contribution in [-0.2, 0) is 6.54 Å². The Balaban J connectivity index is 2.73. The van der Waals surface area contributed by atoms with E-state index in [1.54, 1.807) is 0 Å². The Morgan fingerprint density at radius 2 is 1.84 bits per heavy atom. The van der Waals surface area contributed by atoms with Crippen molar-refractivity contribution >= 4 is 0 Å². The largest absolute Gasteiger partial charge is 0.485 e. The molecule has 0 aliphatic heterocycles. The van der Waals surface area contributed by atoms with Crippen molar-refractivity contribution in [2.75, 3.05) is 13.2 Å². The van der Waals surface area contributed by atoms with Crippen molar-refractivity contribution in [3.05, 3.63) is 29.3 Å². The molecule has 0 amide bonds. The van der Waals surface area contributed by atoms with Crippen molar-refractivity contribution < 1.29 is 23.7 Å². The summed E-state index contributed by atoms with van der Waals surface area (Å²) in [5, 5.41) is 20.7. The molecular formula is C13H19F2NO3. The topological polar surface area (TPSA) is 61.7 Å². The fourth-order valence-corrected chi connectivity index (χ4v) is 1.41. The minimum absolute atomic E-state index is 0.210. The van der Waals surface area contributed by atoms with E-state index < -0.39 is 30.1 Å². The van der Waals surface area contributed by atoms with Gasteiger partial charge in [0.15, 0.2) is 17.4 Å². The van der Waals surface area contributed by atoms with Crippen molar-refractivity contribution in [3.63, 3.8) is 0 Å². The van der Waals surface area contributed by atoms with Gasteiger partial charge in [-0.05, 0) is 17.7 Å². The maximum atomic E-state index is 13.7. The number of halogens is 2. The second kappa shape index (κ2) is 7.37. The number of hydrogen-bond acceptors (Lipinski definition) is 4. The first kappa shape index (κ1) is 15.8. The van der Waals surface area contributed by atoms with Gasteiger partial charge >= 0.3 is 0 Å². The van der Waals surface area contributed by atoms with E-state index in [1.165, 1.54) is 12.1 Å². The normalized spacial score (nSPS) is 12.8. The lowest BCUT2D eigenvalue weighted by Crippen LogP contribution is -2.23. The van der Waals surface area contributed by atoms with E-state index in [0.717, 1.165) is 0 Å². The molecule has 0 spiro atoms. The number of aliphatic hydroxyl groups excluding tert-OH is 2. The van der Waals surface area contributed by atoms with Crippen LogP contribution in [0.3, 0.4) is 0 Å². The molecule has 0 heterocycles. The van der Waals surface area contributed by atoms with Crippen molar-refractivity contribution in [2.24, 2.45) is 0 Å². The Morgan fingerprint density at radius 1 is 1.26 bits per heavy atom. The standard InChI is InChI=1S/C13H19F2NO3/c1-8(2)16-5-9-3-11(14)13(12(15)4-9)19-7-10(18)6-17/h3-4,8,10,16-18H,5-7H2,1-2H3. The summed E-state index contributed by atoms with van der Waals surface area (Å²) >= 11 is 0.